The lowest BCUT2D eigenvalue weighted by Crippen LogP contribution is -2.42. The topological polar surface area (TPSA) is 71.1 Å². The van der Waals surface area contributed by atoms with Crippen LogP contribution in [0.25, 0.3) is 0 Å². The number of nitrogens with zero attached hydrogens (tertiary/aromatic N) is 2. The number of carbonyl (C=O) groups excluding carboxylic acids is 2. The summed E-state index contributed by atoms with van der Waals surface area (Å²) in [5.74, 6) is 1.49. The van der Waals surface area contributed by atoms with Crippen molar-refractivity contribution < 1.29 is 19.1 Å². The third-order valence-electron chi connectivity index (χ3n) is 5.01. The van der Waals surface area contributed by atoms with Crippen molar-refractivity contribution in [3.05, 3.63) is 48.5 Å². The third-order valence-corrected chi connectivity index (χ3v) is 5.01. The van der Waals surface area contributed by atoms with Crippen molar-refractivity contribution in [3.8, 4) is 11.5 Å². The largest absolute Gasteiger partial charge is 0.486 e. The second kappa shape index (κ2) is 8.53. The lowest BCUT2D eigenvalue weighted by molar-refractivity contribution is -0.118. The number of likely N-dealkylation sites (N-methyl/N-ethyl adjacent to an activating group) is 1. The van der Waals surface area contributed by atoms with Gasteiger partial charge in [0.15, 0.2) is 11.5 Å². The Balaban J connectivity index is 1.29. The summed E-state index contributed by atoms with van der Waals surface area (Å²) in [6.45, 7) is 1.99. The summed E-state index contributed by atoms with van der Waals surface area (Å²) in [4.78, 5) is 28.1. The highest BCUT2D eigenvalue weighted by atomic mass is 16.6. The van der Waals surface area contributed by atoms with E-state index in [9.17, 15) is 9.59 Å². The van der Waals surface area contributed by atoms with Crippen molar-refractivity contribution in [1.82, 2.24) is 4.90 Å². The van der Waals surface area contributed by atoms with Gasteiger partial charge in [-0.3, -0.25) is 14.5 Å². The van der Waals surface area contributed by atoms with E-state index in [1.54, 1.807) is 4.90 Å². The van der Waals surface area contributed by atoms with Crippen LogP contribution >= 0.6 is 0 Å². The molecule has 2 aliphatic heterocycles. The Labute approximate surface area is 170 Å². The standard InChI is InChI=1S/C22H25N3O4/c1-24(13-18-15-28-19-8-2-3-9-20(19)29-18)14-21(26)23-16-6-4-7-17(12-16)25-11-5-10-22(25)27/h2-4,6-9,12,18H,5,10-11,13-15H2,1H3,(H,23,26). The van der Waals surface area contributed by atoms with Crippen LogP contribution in [0.5, 0.6) is 11.5 Å². The Morgan fingerprint density at radius 1 is 1.21 bits per heavy atom. The molecule has 0 saturated carbocycles. The molecule has 1 N–H and O–H groups in total. The normalized spacial score (nSPS) is 18.2. The molecular formula is C22H25N3O4. The minimum Gasteiger partial charge on any atom is -0.486 e. The maximum atomic E-state index is 12.5. The van der Waals surface area contributed by atoms with Crippen LogP contribution in [0.15, 0.2) is 48.5 Å². The monoisotopic (exact) mass is 395 g/mol. The Hall–Kier alpha value is -3.06. The van der Waals surface area contributed by atoms with Crippen LogP contribution in [0.4, 0.5) is 11.4 Å². The Bertz CT molecular complexity index is 901. The summed E-state index contributed by atoms with van der Waals surface area (Å²) in [7, 11) is 1.88. The molecule has 7 nitrogen and oxygen atoms in total. The highest BCUT2D eigenvalue weighted by molar-refractivity contribution is 5.97. The maximum absolute atomic E-state index is 12.5. The van der Waals surface area contributed by atoms with Gasteiger partial charge in [-0.05, 0) is 43.8 Å². The number of benzene rings is 2. The zero-order valence-corrected chi connectivity index (χ0v) is 16.5. The first kappa shape index (κ1) is 19.3. The fourth-order valence-corrected chi connectivity index (χ4v) is 3.68. The molecule has 152 valence electrons. The first-order valence-corrected chi connectivity index (χ1v) is 9.86. The summed E-state index contributed by atoms with van der Waals surface area (Å²) in [5.41, 5.74) is 1.51. The van der Waals surface area contributed by atoms with E-state index in [2.05, 4.69) is 5.32 Å². The van der Waals surface area contributed by atoms with Gasteiger partial charge in [-0.2, -0.15) is 0 Å². The molecule has 0 spiro atoms. The van der Waals surface area contributed by atoms with E-state index in [1.807, 2.05) is 60.5 Å². The lowest BCUT2D eigenvalue weighted by Gasteiger charge is -2.29. The average molecular weight is 395 g/mol. The van der Waals surface area contributed by atoms with Gasteiger partial charge in [0.2, 0.25) is 11.8 Å². The van der Waals surface area contributed by atoms with Crippen LogP contribution < -0.4 is 19.7 Å². The SMILES string of the molecule is CN(CC(=O)Nc1cccc(N2CCCC2=O)c1)CC1COc2ccccc2O1. The van der Waals surface area contributed by atoms with Crippen molar-refractivity contribution in [1.29, 1.82) is 0 Å². The van der Waals surface area contributed by atoms with Gasteiger partial charge in [-0.15, -0.1) is 0 Å². The molecule has 2 aliphatic rings. The highest BCUT2D eigenvalue weighted by Crippen LogP contribution is 2.31. The fraction of sp³-hybridized carbons (Fsp3) is 0.364. The molecule has 1 unspecified atom stereocenters. The second-order valence-corrected chi connectivity index (χ2v) is 7.44. The van der Waals surface area contributed by atoms with Crippen LogP contribution in [-0.2, 0) is 9.59 Å². The number of rotatable bonds is 6. The number of hydrogen-bond donors (Lipinski definition) is 1. The first-order chi connectivity index (χ1) is 14.1. The summed E-state index contributed by atoms with van der Waals surface area (Å²) < 4.78 is 11.7. The minimum absolute atomic E-state index is 0.116. The van der Waals surface area contributed by atoms with E-state index in [-0.39, 0.29) is 24.5 Å². The van der Waals surface area contributed by atoms with Crippen LogP contribution in [-0.4, -0.2) is 56.1 Å². The number of nitrogens with one attached hydrogen (secondary N) is 1. The van der Waals surface area contributed by atoms with Crippen LogP contribution in [0.3, 0.4) is 0 Å². The molecule has 2 amide bonds. The number of para-hydroxylation sites is 2. The smallest absolute Gasteiger partial charge is 0.238 e. The lowest BCUT2D eigenvalue weighted by atomic mass is 10.2. The average Bonchev–Trinajstić information content (AvgIpc) is 3.14. The van der Waals surface area contributed by atoms with Crippen LogP contribution in [0.2, 0.25) is 0 Å². The van der Waals surface area contributed by atoms with Gasteiger partial charge < -0.3 is 19.7 Å². The van der Waals surface area contributed by atoms with E-state index in [4.69, 9.17) is 9.47 Å². The highest BCUT2D eigenvalue weighted by Gasteiger charge is 2.23. The quantitative estimate of drug-likeness (QED) is 0.814. The Morgan fingerprint density at radius 3 is 2.83 bits per heavy atom. The van der Waals surface area contributed by atoms with Crippen molar-refractivity contribution >= 4 is 23.2 Å². The molecule has 1 atom stereocenters. The first-order valence-electron chi connectivity index (χ1n) is 9.86. The molecule has 0 bridgehead atoms. The molecule has 1 saturated heterocycles. The molecule has 4 rings (SSSR count). The zero-order valence-electron chi connectivity index (χ0n) is 16.5. The van der Waals surface area contributed by atoms with E-state index >= 15 is 0 Å². The van der Waals surface area contributed by atoms with Crippen LogP contribution in [0.1, 0.15) is 12.8 Å². The molecule has 1 fully saturated rings. The van der Waals surface area contributed by atoms with Gasteiger partial charge in [-0.25, -0.2) is 0 Å². The minimum atomic E-state index is -0.132. The molecule has 29 heavy (non-hydrogen) atoms. The van der Waals surface area contributed by atoms with Gasteiger partial charge in [0.25, 0.3) is 0 Å². The third kappa shape index (κ3) is 4.68. The van der Waals surface area contributed by atoms with Gasteiger partial charge >= 0.3 is 0 Å². The van der Waals surface area contributed by atoms with Crippen LogP contribution in [0, 0.1) is 0 Å². The number of anilines is 2. The van der Waals surface area contributed by atoms with E-state index < -0.39 is 0 Å². The number of ether oxygens (including phenoxy) is 2. The number of carbonyl (C=O) groups is 2. The van der Waals surface area contributed by atoms with Crippen molar-refractivity contribution in [2.45, 2.75) is 18.9 Å². The fourth-order valence-electron chi connectivity index (χ4n) is 3.68. The molecule has 2 aromatic rings. The zero-order chi connectivity index (χ0) is 20.2. The van der Waals surface area contributed by atoms with E-state index in [0.717, 1.165) is 30.2 Å². The van der Waals surface area contributed by atoms with Gasteiger partial charge in [0.1, 0.15) is 12.7 Å². The predicted octanol–water partition coefficient (Wildman–Crippen LogP) is 2.52. The van der Waals surface area contributed by atoms with E-state index in [0.29, 0.717) is 25.3 Å². The number of fused-ring (bicyclic) bond motifs is 1. The summed E-state index contributed by atoms with van der Waals surface area (Å²) >= 11 is 0. The summed E-state index contributed by atoms with van der Waals surface area (Å²) in [6.07, 6.45) is 1.32. The molecular weight excluding hydrogens is 370 g/mol. The molecule has 7 heteroatoms. The van der Waals surface area contributed by atoms with Crippen molar-refractivity contribution in [2.24, 2.45) is 0 Å². The molecule has 2 heterocycles. The summed E-state index contributed by atoms with van der Waals surface area (Å²) in [5, 5.41) is 2.91. The summed E-state index contributed by atoms with van der Waals surface area (Å²) in [6, 6.07) is 15.0. The van der Waals surface area contributed by atoms with Gasteiger partial charge in [0.05, 0.1) is 6.54 Å². The second-order valence-electron chi connectivity index (χ2n) is 7.44. The molecule has 0 radical (unpaired) electrons. The molecule has 0 aliphatic carbocycles. The molecule has 0 aromatic heterocycles. The molecule has 2 aromatic carbocycles. The maximum Gasteiger partial charge on any atom is 0.238 e. The predicted molar refractivity (Wildman–Crippen MR) is 111 cm³/mol. The Kier molecular flexibility index (Phi) is 5.67. The Morgan fingerprint density at radius 2 is 2.03 bits per heavy atom. The van der Waals surface area contributed by atoms with E-state index in [1.165, 1.54) is 0 Å². The van der Waals surface area contributed by atoms with Gasteiger partial charge in [-0.1, -0.05) is 18.2 Å². The number of hydrogen-bond acceptors (Lipinski definition) is 5. The number of amides is 2. The van der Waals surface area contributed by atoms with Crippen molar-refractivity contribution in [3.63, 3.8) is 0 Å². The van der Waals surface area contributed by atoms with Gasteiger partial charge in [0, 0.05) is 30.9 Å². The van der Waals surface area contributed by atoms with Crippen molar-refractivity contribution in [2.75, 3.05) is 43.5 Å².